The smallest absolute Gasteiger partial charge is 0.250 e. The number of rotatable bonds is 4. The maximum Gasteiger partial charge on any atom is 0.250 e. The lowest BCUT2D eigenvalue weighted by molar-refractivity contribution is 0.145. The summed E-state index contributed by atoms with van der Waals surface area (Å²) >= 11 is 0. The molecule has 0 aliphatic carbocycles. The van der Waals surface area contributed by atoms with Gasteiger partial charge < -0.3 is 11.1 Å². The number of nitrogens with zero attached hydrogens (tertiary/aromatic N) is 1. The van der Waals surface area contributed by atoms with Crippen LogP contribution < -0.4 is 11.1 Å². The summed E-state index contributed by atoms with van der Waals surface area (Å²) in [4.78, 5) is 3.94. The van der Waals surface area contributed by atoms with Crippen molar-refractivity contribution in [1.82, 2.24) is 10.3 Å². The molecule has 0 saturated heterocycles. The summed E-state index contributed by atoms with van der Waals surface area (Å²) in [6, 6.07) is 3.39. The van der Waals surface area contributed by atoms with Crippen LogP contribution in [0.2, 0.25) is 0 Å². The van der Waals surface area contributed by atoms with Gasteiger partial charge in [-0.1, -0.05) is 0 Å². The number of aromatic nitrogens is 1. The van der Waals surface area contributed by atoms with E-state index in [1.54, 1.807) is 18.3 Å². The van der Waals surface area contributed by atoms with Crippen molar-refractivity contribution in [3.05, 3.63) is 24.0 Å². The van der Waals surface area contributed by atoms with Crippen LogP contribution in [0.5, 0.6) is 0 Å². The van der Waals surface area contributed by atoms with E-state index < -0.39 is 6.43 Å². The van der Waals surface area contributed by atoms with Crippen LogP contribution in [-0.4, -0.2) is 18.0 Å². The molecule has 1 aromatic rings. The van der Waals surface area contributed by atoms with Crippen LogP contribution in [0.1, 0.15) is 5.69 Å². The van der Waals surface area contributed by atoms with Crippen LogP contribution in [0.3, 0.4) is 0 Å². The van der Waals surface area contributed by atoms with E-state index in [4.69, 9.17) is 5.73 Å². The first kappa shape index (κ1) is 9.85. The SMILES string of the molecule is Nc1cccnc1CNCC(F)F. The standard InChI is InChI=1S/C8H11F2N3/c9-8(10)5-12-4-7-6(11)2-1-3-13-7/h1-3,8,12H,4-5,11H2. The first-order valence-corrected chi connectivity index (χ1v) is 3.88. The number of alkyl halides is 2. The molecule has 1 aromatic heterocycles. The van der Waals surface area contributed by atoms with Crippen LogP contribution in [-0.2, 0) is 6.54 Å². The van der Waals surface area contributed by atoms with Crippen molar-refractivity contribution in [2.45, 2.75) is 13.0 Å². The molecule has 1 heterocycles. The van der Waals surface area contributed by atoms with Gasteiger partial charge in [-0.15, -0.1) is 0 Å². The van der Waals surface area contributed by atoms with Crippen molar-refractivity contribution >= 4 is 5.69 Å². The maximum absolute atomic E-state index is 11.7. The summed E-state index contributed by atoms with van der Waals surface area (Å²) in [5.74, 6) is 0. The third kappa shape index (κ3) is 3.33. The molecule has 1 rings (SSSR count). The number of nitrogens with two attached hydrogens (primary N) is 1. The van der Waals surface area contributed by atoms with Crippen molar-refractivity contribution in [1.29, 1.82) is 0 Å². The number of hydrogen-bond donors (Lipinski definition) is 2. The largest absolute Gasteiger partial charge is 0.397 e. The molecule has 5 heteroatoms. The average Bonchev–Trinajstić information content (AvgIpc) is 2.08. The fourth-order valence-corrected chi connectivity index (χ4v) is 0.898. The van der Waals surface area contributed by atoms with E-state index in [1.807, 2.05) is 0 Å². The predicted molar refractivity (Wildman–Crippen MR) is 46.4 cm³/mol. The van der Waals surface area contributed by atoms with Gasteiger partial charge in [0.2, 0.25) is 0 Å². The van der Waals surface area contributed by atoms with E-state index in [0.29, 0.717) is 11.4 Å². The highest BCUT2D eigenvalue weighted by Crippen LogP contribution is 2.05. The van der Waals surface area contributed by atoms with E-state index in [9.17, 15) is 8.78 Å². The Balaban J connectivity index is 2.41. The minimum Gasteiger partial charge on any atom is -0.397 e. The van der Waals surface area contributed by atoms with Gasteiger partial charge in [0.15, 0.2) is 0 Å². The number of nitrogens with one attached hydrogen (secondary N) is 1. The van der Waals surface area contributed by atoms with Crippen LogP contribution in [0.4, 0.5) is 14.5 Å². The fourth-order valence-electron chi connectivity index (χ4n) is 0.898. The van der Waals surface area contributed by atoms with E-state index in [2.05, 4.69) is 10.3 Å². The quantitative estimate of drug-likeness (QED) is 0.739. The Labute approximate surface area is 75.0 Å². The number of halogens is 2. The molecule has 3 nitrogen and oxygen atoms in total. The first-order chi connectivity index (χ1) is 6.20. The van der Waals surface area contributed by atoms with Gasteiger partial charge in [0.25, 0.3) is 6.43 Å². The van der Waals surface area contributed by atoms with Crippen LogP contribution >= 0.6 is 0 Å². The Kier molecular flexibility index (Phi) is 3.57. The average molecular weight is 187 g/mol. The molecular weight excluding hydrogens is 176 g/mol. The van der Waals surface area contributed by atoms with Gasteiger partial charge in [0.1, 0.15) is 0 Å². The molecule has 0 fully saturated rings. The second-order valence-corrected chi connectivity index (χ2v) is 2.56. The van der Waals surface area contributed by atoms with E-state index in [1.165, 1.54) is 0 Å². The highest BCUT2D eigenvalue weighted by Gasteiger charge is 2.02. The first-order valence-electron chi connectivity index (χ1n) is 3.88. The zero-order valence-electron chi connectivity index (χ0n) is 7.00. The van der Waals surface area contributed by atoms with Crippen LogP contribution in [0, 0.1) is 0 Å². The molecule has 0 bridgehead atoms. The monoisotopic (exact) mass is 187 g/mol. The van der Waals surface area contributed by atoms with Gasteiger partial charge in [-0.3, -0.25) is 4.98 Å². The van der Waals surface area contributed by atoms with Gasteiger partial charge in [0.05, 0.1) is 17.9 Å². The van der Waals surface area contributed by atoms with Gasteiger partial charge >= 0.3 is 0 Å². The van der Waals surface area contributed by atoms with Crippen LogP contribution in [0.25, 0.3) is 0 Å². The second-order valence-electron chi connectivity index (χ2n) is 2.56. The zero-order valence-corrected chi connectivity index (χ0v) is 7.00. The predicted octanol–water partition coefficient (Wildman–Crippen LogP) is 1.02. The molecule has 0 saturated carbocycles. The normalized spacial score (nSPS) is 10.7. The summed E-state index contributed by atoms with van der Waals surface area (Å²) in [5, 5.41) is 2.55. The molecule has 0 spiro atoms. The molecule has 3 N–H and O–H groups in total. The third-order valence-corrected chi connectivity index (χ3v) is 1.52. The summed E-state index contributed by atoms with van der Waals surface area (Å²) in [6.07, 6.45) is -0.764. The number of pyridine rings is 1. The summed E-state index contributed by atoms with van der Waals surface area (Å²) < 4.78 is 23.4. The van der Waals surface area contributed by atoms with Crippen molar-refractivity contribution < 1.29 is 8.78 Å². The molecule has 0 aliphatic rings. The molecule has 0 radical (unpaired) electrons. The topological polar surface area (TPSA) is 50.9 Å². The number of nitrogen functional groups attached to an aromatic ring is 1. The Hall–Kier alpha value is -1.23. The lowest BCUT2D eigenvalue weighted by Crippen LogP contribution is -2.21. The highest BCUT2D eigenvalue weighted by molar-refractivity contribution is 5.41. The highest BCUT2D eigenvalue weighted by atomic mass is 19.3. The minimum atomic E-state index is -2.34. The van der Waals surface area contributed by atoms with E-state index >= 15 is 0 Å². The van der Waals surface area contributed by atoms with Crippen molar-refractivity contribution in [2.24, 2.45) is 0 Å². The molecule has 0 atom stereocenters. The summed E-state index contributed by atoms with van der Waals surface area (Å²) in [5.41, 5.74) is 6.67. The van der Waals surface area contributed by atoms with Crippen molar-refractivity contribution in [3.63, 3.8) is 0 Å². The molecule has 0 unspecified atom stereocenters. The molecule has 0 aromatic carbocycles. The molecule has 13 heavy (non-hydrogen) atoms. The zero-order chi connectivity index (χ0) is 9.68. The van der Waals surface area contributed by atoms with Gasteiger partial charge in [-0.05, 0) is 12.1 Å². The van der Waals surface area contributed by atoms with Crippen LogP contribution in [0.15, 0.2) is 18.3 Å². The molecule has 72 valence electrons. The fraction of sp³-hybridized carbons (Fsp3) is 0.375. The Bertz CT molecular complexity index is 265. The number of anilines is 1. The van der Waals surface area contributed by atoms with E-state index in [0.717, 1.165) is 0 Å². The molecule has 0 amide bonds. The van der Waals surface area contributed by atoms with Crippen molar-refractivity contribution in [2.75, 3.05) is 12.3 Å². The second kappa shape index (κ2) is 4.71. The Morgan fingerprint density at radius 3 is 2.92 bits per heavy atom. The summed E-state index contributed by atoms with van der Waals surface area (Å²) in [6.45, 7) is -0.0625. The van der Waals surface area contributed by atoms with Gasteiger partial charge in [-0.25, -0.2) is 8.78 Å². The summed E-state index contributed by atoms with van der Waals surface area (Å²) in [7, 11) is 0. The molecular formula is C8H11F2N3. The Morgan fingerprint density at radius 1 is 1.54 bits per heavy atom. The van der Waals surface area contributed by atoms with Crippen molar-refractivity contribution in [3.8, 4) is 0 Å². The minimum absolute atomic E-state index is 0.275. The van der Waals surface area contributed by atoms with Gasteiger partial charge in [0, 0.05) is 12.7 Å². The lowest BCUT2D eigenvalue weighted by atomic mass is 10.3. The lowest BCUT2D eigenvalue weighted by Gasteiger charge is -2.05. The van der Waals surface area contributed by atoms with E-state index in [-0.39, 0.29) is 13.1 Å². The van der Waals surface area contributed by atoms with Gasteiger partial charge in [-0.2, -0.15) is 0 Å². The number of hydrogen-bond acceptors (Lipinski definition) is 3. The molecule has 0 aliphatic heterocycles. The maximum atomic E-state index is 11.7. The third-order valence-electron chi connectivity index (χ3n) is 1.52. The Morgan fingerprint density at radius 2 is 2.31 bits per heavy atom.